The molecule has 2 heterocycles. The first-order valence-electron chi connectivity index (χ1n) is 9.07. The highest BCUT2D eigenvalue weighted by Crippen LogP contribution is 2.41. The maximum Gasteiger partial charge on any atom is 0.243 e. The van der Waals surface area contributed by atoms with Crippen LogP contribution in [-0.2, 0) is 16.4 Å². The maximum absolute atomic E-state index is 13.4. The number of benzene rings is 2. The smallest absolute Gasteiger partial charge is 0.243 e. The van der Waals surface area contributed by atoms with Gasteiger partial charge in [-0.1, -0.05) is 49.7 Å². The third kappa shape index (κ3) is 2.66. The zero-order valence-electron chi connectivity index (χ0n) is 15.4. The van der Waals surface area contributed by atoms with E-state index in [2.05, 4.69) is 31.0 Å². The molecular weight excluding hydrogens is 344 g/mol. The summed E-state index contributed by atoms with van der Waals surface area (Å²) in [5, 5.41) is 1.21. The molecule has 4 rings (SSSR count). The van der Waals surface area contributed by atoms with Crippen LogP contribution >= 0.6 is 0 Å². The Morgan fingerprint density at radius 3 is 2.46 bits per heavy atom. The van der Waals surface area contributed by atoms with E-state index in [1.807, 2.05) is 31.2 Å². The molecule has 4 nitrogen and oxygen atoms in total. The minimum Gasteiger partial charge on any atom is -0.357 e. The van der Waals surface area contributed by atoms with Gasteiger partial charge in [0.2, 0.25) is 10.0 Å². The van der Waals surface area contributed by atoms with E-state index in [1.165, 1.54) is 10.9 Å². The normalized spacial score (nSPS) is 18.4. The third-order valence-electron chi connectivity index (χ3n) is 5.29. The maximum atomic E-state index is 13.4. The van der Waals surface area contributed by atoms with E-state index >= 15 is 0 Å². The highest BCUT2D eigenvalue weighted by molar-refractivity contribution is 7.89. The monoisotopic (exact) mass is 368 g/mol. The summed E-state index contributed by atoms with van der Waals surface area (Å²) in [5.74, 6) is 0.169. The number of sulfonamides is 1. The predicted octanol–water partition coefficient (Wildman–Crippen LogP) is 4.42. The van der Waals surface area contributed by atoms with Gasteiger partial charge in [0, 0.05) is 23.1 Å². The fourth-order valence-corrected chi connectivity index (χ4v) is 5.76. The van der Waals surface area contributed by atoms with E-state index < -0.39 is 10.0 Å². The van der Waals surface area contributed by atoms with Crippen LogP contribution in [0, 0.1) is 12.8 Å². The van der Waals surface area contributed by atoms with Gasteiger partial charge < -0.3 is 4.98 Å². The molecule has 0 bridgehead atoms. The number of aryl methyl sites for hydroxylation is 1. The van der Waals surface area contributed by atoms with E-state index in [4.69, 9.17) is 0 Å². The van der Waals surface area contributed by atoms with Gasteiger partial charge in [0.25, 0.3) is 0 Å². The van der Waals surface area contributed by atoms with Crippen LogP contribution in [-0.4, -0.2) is 24.3 Å². The molecule has 1 atom stereocenters. The number of rotatable bonds is 3. The van der Waals surface area contributed by atoms with Crippen molar-refractivity contribution in [3.05, 3.63) is 65.4 Å². The third-order valence-corrected chi connectivity index (χ3v) is 7.19. The Kier molecular flexibility index (Phi) is 4.16. The zero-order valence-corrected chi connectivity index (χ0v) is 16.2. The van der Waals surface area contributed by atoms with Crippen LogP contribution in [0.5, 0.6) is 0 Å². The van der Waals surface area contributed by atoms with Gasteiger partial charge in [0.15, 0.2) is 0 Å². The van der Waals surface area contributed by atoms with E-state index in [0.717, 1.165) is 23.2 Å². The lowest BCUT2D eigenvalue weighted by atomic mass is 9.92. The molecule has 0 amide bonds. The average molecular weight is 369 g/mol. The van der Waals surface area contributed by atoms with Gasteiger partial charge in [-0.2, -0.15) is 4.31 Å². The standard InChI is InChI=1S/C21H24N2O2S/c1-14(2)21-20-18(17-6-4-5-7-19(17)22-20)12-13-23(21)26(24,25)16-10-8-15(3)9-11-16/h4-11,14,21-22H,12-13H2,1-3H3/t21-/m0/s1. The number of hydrogen-bond acceptors (Lipinski definition) is 2. The summed E-state index contributed by atoms with van der Waals surface area (Å²) in [6.45, 7) is 6.64. The molecule has 1 N–H and O–H groups in total. The fourth-order valence-electron chi connectivity index (χ4n) is 4.03. The Balaban J connectivity index is 1.84. The van der Waals surface area contributed by atoms with Crippen LogP contribution in [0.1, 0.15) is 36.7 Å². The molecule has 0 fully saturated rings. The number of nitrogens with zero attached hydrogens (tertiary/aromatic N) is 1. The van der Waals surface area contributed by atoms with Gasteiger partial charge in [-0.3, -0.25) is 0 Å². The summed E-state index contributed by atoms with van der Waals surface area (Å²) in [6, 6.07) is 15.2. The van der Waals surface area contributed by atoms with E-state index in [0.29, 0.717) is 11.4 Å². The molecule has 0 aliphatic carbocycles. The van der Waals surface area contributed by atoms with Crippen molar-refractivity contribution in [3.8, 4) is 0 Å². The minimum atomic E-state index is -3.54. The van der Waals surface area contributed by atoms with Gasteiger partial charge in [-0.15, -0.1) is 0 Å². The number of para-hydroxylation sites is 1. The number of H-pyrrole nitrogens is 1. The number of fused-ring (bicyclic) bond motifs is 3. The van der Waals surface area contributed by atoms with Crippen molar-refractivity contribution in [2.24, 2.45) is 5.92 Å². The van der Waals surface area contributed by atoms with Crippen LogP contribution < -0.4 is 0 Å². The Labute approximate surface area is 154 Å². The molecule has 0 radical (unpaired) electrons. The Morgan fingerprint density at radius 1 is 1.08 bits per heavy atom. The molecule has 0 spiro atoms. The second-order valence-corrected chi connectivity index (χ2v) is 9.32. The molecular formula is C21H24N2O2S. The lowest BCUT2D eigenvalue weighted by molar-refractivity contribution is 0.244. The first-order chi connectivity index (χ1) is 12.4. The highest BCUT2D eigenvalue weighted by atomic mass is 32.2. The number of aromatic amines is 1. The molecule has 0 unspecified atom stereocenters. The van der Waals surface area contributed by atoms with E-state index in [1.54, 1.807) is 16.4 Å². The van der Waals surface area contributed by atoms with Gasteiger partial charge in [-0.25, -0.2) is 8.42 Å². The van der Waals surface area contributed by atoms with Crippen molar-refractivity contribution >= 4 is 20.9 Å². The largest absolute Gasteiger partial charge is 0.357 e. The van der Waals surface area contributed by atoms with Crippen LogP contribution in [0.4, 0.5) is 0 Å². The molecule has 136 valence electrons. The molecule has 5 heteroatoms. The predicted molar refractivity (Wildman–Crippen MR) is 105 cm³/mol. The summed E-state index contributed by atoms with van der Waals surface area (Å²) in [5.41, 5.74) is 4.44. The molecule has 0 saturated heterocycles. The van der Waals surface area contributed by atoms with Gasteiger partial charge in [0.1, 0.15) is 0 Å². The van der Waals surface area contributed by atoms with E-state index in [-0.39, 0.29) is 12.0 Å². The highest BCUT2D eigenvalue weighted by Gasteiger charge is 2.39. The molecule has 1 aliphatic rings. The summed E-state index contributed by atoms with van der Waals surface area (Å²) < 4.78 is 28.4. The summed E-state index contributed by atoms with van der Waals surface area (Å²) in [7, 11) is -3.54. The van der Waals surface area contributed by atoms with Crippen molar-refractivity contribution in [2.75, 3.05) is 6.54 Å². The van der Waals surface area contributed by atoms with Crippen molar-refractivity contribution in [3.63, 3.8) is 0 Å². The lowest BCUT2D eigenvalue weighted by Crippen LogP contribution is -2.42. The summed E-state index contributed by atoms with van der Waals surface area (Å²) >= 11 is 0. The average Bonchev–Trinajstić information content (AvgIpc) is 2.99. The van der Waals surface area contributed by atoms with Crippen molar-refractivity contribution in [1.29, 1.82) is 0 Å². The Bertz CT molecular complexity index is 1050. The second kappa shape index (κ2) is 6.25. The second-order valence-electron chi connectivity index (χ2n) is 7.43. The SMILES string of the molecule is Cc1ccc(S(=O)(=O)N2CCc3c([nH]c4ccccc34)[C@@H]2C(C)C)cc1. The van der Waals surface area contributed by atoms with Crippen molar-refractivity contribution in [2.45, 2.75) is 38.1 Å². The van der Waals surface area contributed by atoms with Crippen LogP contribution in [0.15, 0.2) is 53.4 Å². The van der Waals surface area contributed by atoms with Crippen LogP contribution in [0.3, 0.4) is 0 Å². The van der Waals surface area contributed by atoms with Gasteiger partial charge in [0.05, 0.1) is 10.9 Å². The molecule has 1 aliphatic heterocycles. The van der Waals surface area contributed by atoms with Crippen molar-refractivity contribution in [1.82, 2.24) is 9.29 Å². The quantitative estimate of drug-likeness (QED) is 0.744. The topological polar surface area (TPSA) is 53.2 Å². The molecule has 1 aromatic heterocycles. The van der Waals surface area contributed by atoms with Crippen LogP contribution in [0.25, 0.3) is 10.9 Å². The first kappa shape index (κ1) is 17.3. The fraction of sp³-hybridized carbons (Fsp3) is 0.333. The summed E-state index contributed by atoms with van der Waals surface area (Å²) in [6.07, 6.45) is 0.730. The van der Waals surface area contributed by atoms with Gasteiger partial charge >= 0.3 is 0 Å². The molecule has 0 saturated carbocycles. The van der Waals surface area contributed by atoms with E-state index in [9.17, 15) is 8.42 Å². The molecule has 3 aromatic rings. The minimum absolute atomic E-state index is 0.169. The number of nitrogens with one attached hydrogen (secondary N) is 1. The summed E-state index contributed by atoms with van der Waals surface area (Å²) in [4.78, 5) is 3.87. The lowest BCUT2D eigenvalue weighted by Gasteiger charge is -2.37. The Hall–Kier alpha value is -2.11. The van der Waals surface area contributed by atoms with Crippen LogP contribution in [0.2, 0.25) is 0 Å². The molecule has 26 heavy (non-hydrogen) atoms. The number of hydrogen-bond donors (Lipinski definition) is 1. The molecule has 2 aromatic carbocycles. The zero-order chi connectivity index (χ0) is 18.5. The van der Waals surface area contributed by atoms with Gasteiger partial charge in [-0.05, 0) is 43.0 Å². The Morgan fingerprint density at radius 2 is 1.77 bits per heavy atom. The first-order valence-corrected chi connectivity index (χ1v) is 10.5. The van der Waals surface area contributed by atoms with Crippen molar-refractivity contribution < 1.29 is 8.42 Å². The number of aromatic nitrogens is 1.